The molecule has 1 N–H and O–H groups in total. The number of aryl methyl sites for hydroxylation is 1. The van der Waals surface area contributed by atoms with Crippen molar-refractivity contribution in [2.75, 3.05) is 19.6 Å². The summed E-state index contributed by atoms with van der Waals surface area (Å²) in [5, 5.41) is 3.51. The first-order chi connectivity index (χ1) is 7.75. The van der Waals surface area contributed by atoms with E-state index in [4.69, 9.17) is 0 Å². The van der Waals surface area contributed by atoms with Gasteiger partial charge in [-0.05, 0) is 31.9 Å². The zero-order valence-corrected chi connectivity index (χ0v) is 10.2. The Morgan fingerprint density at radius 3 is 3.19 bits per heavy atom. The van der Waals surface area contributed by atoms with Crippen LogP contribution in [0.1, 0.15) is 24.6 Å². The minimum absolute atomic E-state index is 0.648. The van der Waals surface area contributed by atoms with Crippen molar-refractivity contribution in [2.45, 2.75) is 32.9 Å². The maximum atomic E-state index is 4.46. The van der Waals surface area contributed by atoms with Crippen molar-refractivity contribution >= 4 is 0 Å². The van der Waals surface area contributed by atoms with E-state index in [0.29, 0.717) is 6.04 Å². The van der Waals surface area contributed by atoms with Gasteiger partial charge < -0.3 is 5.32 Å². The van der Waals surface area contributed by atoms with Crippen LogP contribution in [0.2, 0.25) is 0 Å². The molecule has 0 radical (unpaired) electrons. The fourth-order valence-corrected chi connectivity index (χ4v) is 2.11. The van der Waals surface area contributed by atoms with Gasteiger partial charge in [0.2, 0.25) is 0 Å². The first-order valence-electron chi connectivity index (χ1n) is 6.12. The summed E-state index contributed by atoms with van der Waals surface area (Å²) in [6.45, 7) is 8.77. The minimum Gasteiger partial charge on any atom is -0.313 e. The molecule has 0 spiro atoms. The molecule has 0 aromatic carbocycles. The van der Waals surface area contributed by atoms with Crippen molar-refractivity contribution in [2.24, 2.45) is 0 Å². The Balaban J connectivity index is 1.96. The van der Waals surface area contributed by atoms with Gasteiger partial charge in [-0.3, -0.25) is 9.88 Å². The number of aromatic nitrogens is 1. The Morgan fingerprint density at radius 1 is 1.50 bits per heavy atom. The van der Waals surface area contributed by atoms with Crippen molar-refractivity contribution in [3.8, 4) is 0 Å². The van der Waals surface area contributed by atoms with Crippen molar-refractivity contribution in [3.63, 3.8) is 0 Å². The lowest BCUT2D eigenvalue weighted by molar-refractivity contribution is 0.278. The molecular formula is C13H21N3. The van der Waals surface area contributed by atoms with Crippen LogP contribution in [-0.2, 0) is 6.54 Å². The molecule has 1 unspecified atom stereocenters. The normalized spacial score (nSPS) is 23.0. The molecule has 1 aliphatic heterocycles. The molecule has 0 aliphatic carbocycles. The summed E-state index contributed by atoms with van der Waals surface area (Å²) in [6.07, 6.45) is 3.12. The van der Waals surface area contributed by atoms with Gasteiger partial charge >= 0.3 is 0 Å². The third-order valence-corrected chi connectivity index (χ3v) is 3.29. The summed E-state index contributed by atoms with van der Waals surface area (Å²) in [4.78, 5) is 6.95. The molecule has 2 heterocycles. The Hall–Kier alpha value is -0.930. The summed E-state index contributed by atoms with van der Waals surface area (Å²) in [7, 11) is 0. The van der Waals surface area contributed by atoms with E-state index < -0.39 is 0 Å². The Bertz CT molecular complexity index is 338. The molecule has 2 rings (SSSR count). The highest BCUT2D eigenvalue weighted by Crippen LogP contribution is 2.09. The van der Waals surface area contributed by atoms with Crippen LogP contribution in [0.3, 0.4) is 0 Å². The second kappa shape index (κ2) is 5.41. The van der Waals surface area contributed by atoms with E-state index in [1.165, 1.54) is 24.2 Å². The molecule has 1 fully saturated rings. The number of nitrogens with zero attached hydrogens (tertiary/aromatic N) is 2. The van der Waals surface area contributed by atoms with Gasteiger partial charge in [-0.2, -0.15) is 0 Å². The minimum atomic E-state index is 0.648. The number of rotatable bonds is 2. The third-order valence-electron chi connectivity index (χ3n) is 3.29. The summed E-state index contributed by atoms with van der Waals surface area (Å²) >= 11 is 0. The van der Waals surface area contributed by atoms with Crippen LogP contribution in [-0.4, -0.2) is 35.6 Å². The highest BCUT2D eigenvalue weighted by atomic mass is 15.2. The first kappa shape index (κ1) is 11.6. The number of hydrogen-bond acceptors (Lipinski definition) is 3. The second-order valence-corrected chi connectivity index (χ2v) is 4.69. The molecule has 3 heteroatoms. The number of hydrogen-bond donors (Lipinski definition) is 1. The van der Waals surface area contributed by atoms with E-state index in [2.05, 4.69) is 35.1 Å². The van der Waals surface area contributed by atoms with E-state index in [1.54, 1.807) is 0 Å². The van der Waals surface area contributed by atoms with Gasteiger partial charge in [0.05, 0.1) is 5.69 Å². The largest absolute Gasteiger partial charge is 0.313 e. The topological polar surface area (TPSA) is 28.2 Å². The lowest BCUT2D eigenvalue weighted by atomic mass is 10.2. The fourth-order valence-electron chi connectivity index (χ4n) is 2.11. The van der Waals surface area contributed by atoms with E-state index in [-0.39, 0.29) is 0 Å². The lowest BCUT2D eigenvalue weighted by Crippen LogP contribution is -2.29. The Labute approximate surface area is 97.9 Å². The van der Waals surface area contributed by atoms with Crippen molar-refractivity contribution in [3.05, 3.63) is 29.6 Å². The van der Waals surface area contributed by atoms with E-state index in [0.717, 1.165) is 19.6 Å². The van der Waals surface area contributed by atoms with Crippen LogP contribution in [0.25, 0.3) is 0 Å². The molecule has 0 bridgehead atoms. The SMILES string of the molecule is Cc1cccnc1CN1CCNC(C)CC1. The van der Waals surface area contributed by atoms with Gasteiger partial charge in [0.15, 0.2) is 0 Å². The van der Waals surface area contributed by atoms with Crippen molar-refractivity contribution < 1.29 is 0 Å². The number of pyridine rings is 1. The Morgan fingerprint density at radius 2 is 2.38 bits per heavy atom. The van der Waals surface area contributed by atoms with Crippen LogP contribution in [0.15, 0.2) is 18.3 Å². The van der Waals surface area contributed by atoms with Crippen molar-refractivity contribution in [1.29, 1.82) is 0 Å². The summed E-state index contributed by atoms with van der Waals surface area (Å²) in [6, 6.07) is 4.79. The highest BCUT2D eigenvalue weighted by molar-refractivity contribution is 5.17. The molecule has 88 valence electrons. The molecule has 1 atom stereocenters. The maximum Gasteiger partial charge on any atom is 0.0573 e. The van der Waals surface area contributed by atoms with E-state index in [1.807, 2.05) is 12.3 Å². The molecule has 0 saturated carbocycles. The molecule has 3 nitrogen and oxygen atoms in total. The molecule has 1 aromatic rings. The maximum absolute atomic E-state index is 4.46. The van der Waals surface area contributed by atoms with Gasteiger partial charge in [0, 0.05) is 38.4 Å². The van der Waals surface area contributed by atoms with E-state index >= 15 is 0 Å². The predicted molar refractivity (Wildman–Crippen MR) is 66.3 cm³/mol. The van der Waals surface area contributed by atoms with Crippen LogP contribution < -0.4 is 5.32 Å². The zero-order valence-electron chi connectivity index (χ0n) is 10.2. The smallest absolute Gasteiger partial charge is 0.0573 e. The molecule has 1 aromatic heterocycles. The fraction of sp³-hybridized carbons (Fsp3) is 0.615. The highest BCUT2D eigenvalue weighted by Gasteiger charge is 2.14. The van der Waals surface area contributed by atoms with Crippen LogP contribution in [0.4, 0.5) is 0 Å². The average molecular weight is 219 g/mol. The molecular weight excluding hydrogens is 198 g/mol. The molecule has 1 saturated heterocycles. The molecule has 16 heavy (non-hydrogen) atoms. The lowest BCUT2D eigenvalue weighted by Gasteiger charge is -2.19. The quantitative estimate of drug-likeness (QED) is 0.818. The van der Waals surface area contributed by atoms with E-state index in [9.17, 15) is 0 Å². The van der Waals surface area contributed by atoms with Crippen LogP contribution in [0.5, 0.6) is 0 Å². The van der Waals surface area contributed by atoms with Crippen LogP contribution >= 0.6 is 0 Å². The van der Waals surface area contributed by atoms with Crippen molar-refractivity contribution in [1.82, 2.24) is 15.2 Å². The first-order valence-corrected chi connectivity index (χ1v) is 6.12. The monoisotopic (exact) mass is 219 g/mol. The average Bonchev–Trinajstić information content (AvgIpc) is 2.47. The van der Waals surface area contributed by atoms with Gasteiger partial charge in [-0.1, -0.05) is 6.07 Å². The van der Waals surface area contributed by atoms with Gasteiger partial charge in [0.1, 0.15) is 0 Å². The number of nitrogens with one attached hydrogen (secondary N) is 1. The standard InChI is InChI=1S/C13H21N3/c1-11-4-3-6-15-13(11)10-16-8-5-12(2)14-7-9-16/h3-4,6,12,14H,5,7-10H2,1-2H3. The second-order valence-electron chi connectivity index (χ2n) is 4.69. The molecule has 0 amide bonds. The molecule has 1 aliphatic rings. The summed E-state index contributed by atoms with van der Waals surface area (Å²) in [5.41, 5.74) is 2.52. The summed E-state index contributed by atoms with van der Waals surface area (Å²) in [5.74, 6) is 0. The zero-order chi connectivity index (χ0) is 11.4. The third kappa shape index (κ3) is 3.03. The Kier molecular flexibility index (Phi) is 3.91. The van der Waals surface area contributed by atoms with Crippen LogP contribution in [0, 0.1) is 6.92 Å². The summed E-state index contributed by atoms with van der Waals surface area (Å²) < 4.78 is 0. The predicted octanol–water partition coefficient (Wildman–Crippen LogP) is 1.57. The van der Waals surface area contributed by atoms with Gasteiger partial charge in [-0.25, -0.2) is 0 Å². The van der Waals surface area contributed by atoms with Gasteiger partial charge in [-0.15, -0.1) is 0 Å². The van der Waals surface area contributed by atoms with Gasteiger partial charge in [0.25, 0.3) is 0 Å².